The van der Waals surface area contributed by atoms with Crippen molar-refractivity contribution in [2.75, 3.05) is 13.1 Å². The Bertz CT molecular complexity index is 252. The summed E-state index contributed by atoms with van der Waals surface area (Å²) in [5, 5.41) is 0. The minimum Gasteiger partial charge on any atom is -0.328 e. The lowest BCUT2D eigenvalue weighted by Crippen LogP contribution is -2.44. The molecule has 0 radical (unpaired) electrons. The highest BCUT2D eigenvalue weighted by Gasteiger charge is 2.30. The summed E-state index contributed by atoms with van der Waals surface area (Å²) < 4.78 is 0. The van der Waals surface area contributed by atoms with E-state index in [2.05, 4.69) is 25.7 Å². The number of rotatable bonds is 2. The normalized spacial score (nSPS) is 33.0. The van der Waals surface area contributed by atoms with Crippen LogP contribution in [0.4, 0.5) is 0 Å². The topological polar surface area (TPSA) is 29.3 Å². The largest absolute Gasteiger partial charge is 0.328 e. The van der Waals surface area contributed by atoms with Crippen molar-refractivity contribution in [3.8, 4) is 0 Å². The van der Waals surface area contributed by atoms with E-state index >= 15 is 0 Å². The van der Waals surface area contributed by atoms with Crippen LogP contribution in [0, 0.1) is 11.3 Å². The molecular formula is C16H32N2. The van der Waals surface area contributed by atoms with Gasteiger partial charge in [-0.2, -0.15) is 0 Å². The van der Waals surface area contributed by atoms with Gasteiger partial charge in [-0.1, -0.05) is 20.3 Å². The van der Waals surface area contributed by atoms with Crippen LogP contribution < -0.4 is 5.73 Å². The molecule has 1 heterocycles. The molecule has 0 bridgehead atoms. The monoisotopic (exact) mass is 252 g/mol. The maximum Gasteiger partial charge on any atom is 0.00954 e. The molecule has 1 saturated heterocycles. The molecule has 2 aliphatic rings. The average molecular weight is 252 g/mol. The first-order valence-corrected chi connectivity index (χ1v) is 7.97. The van der Waals surface area contributed by atoms with Gasteiger partial charge in [0.25, 0.3) is 0 Å². The summed E-state index contributed by atoms with van der Waals surface area (Å²) in [6.07, 6.45) is 9.72. The van der Waals surface area contributed by atoms with Crippen LogP contribution in [0.5, 0.6) is 0 Å². The predicted molar refractivity (Wildman–Crippen MR) is 78.6 cm³/mol. The van der Waals surface area contributed by atoms with Crippen LogP contribution >= 0.6 is 0 Å². The first kappa shape index (κ1) is 14.3. The van der Waals surface area contributed by atoms with Gasteiger partial charge in [0.15, 0.2) is 0 Å². The van der Waals surface area contributed by atoms with Crippen molar-refractivity contribution in [2.24, 2.45) is 17.1 Å². The summed E-state index contributed by atoms with van der Waals surface area (Å²) in [7, 11) is 0. The number of nitrogens with zero attached hydrogens (tertiary/aromatic N) is 1. The maximum atomic E-state index is 6.03. The second kappa shape index (κ2) is 5.92. The standard InChI is InChI=1S/C16H32N2/c1-13(17)14-7-11-18(12-8-14)15-5-4-9-16(2,3)10-6-15/h13-15H,4-12,17H2,1-3H3. The van der Waals surface area contributed by atoms with Crippen molar-refractivity contribution in [1.29, 1.82) is 0 Å². The molecule has 2 heteroatoms. The third-order valence-electron chi connectivity index (χ3n) is 5.38. The molecule has 1 aliphatic heterocycles. The Morgan fingerprint density at radius 2 is 1.72 bits per heavy atom. The molecule has 18 heavy (non-hydrogen) atoms. The van der Waals surface area contributed by atoms with E-state index in [1.807, 2.05) is 0 Å². The summed E-state index contributed by atoms with van der Waals surface area (Å²) in [5.74, 6) is 0.767. The maximum absolute atomic E-state index is 6.03. The number of hydrogen-bond acceptors (Lipinski definition) is 2. The molecule has 2 atom stereocenters. The van der Waals surface area contributed by atoms with Crippen LogP contribution in [0.3, 0.4) is 0 Å². The quantitative estimate of drug-likeness (QED) is 0.763. The van der Waals surface area contributed by atoms with Crippen LogP contribution in [-0.2, 0) is 0 Å². The Labute approximate surface area is 113 Å². The van der Waals surface area contributed by atoms with Crippen LogP contribution in [-0.4, -0.2) is 30.1 Å². The van der Waals surface area contributed by atoms with E-state index in [9.17, 15) is 0 Å². The summed E-state index contributed by atoms with van der Waals surface area (Å²) in [4.78, 5) is 2.76. The van der Waals surface area contributed by atoms with Gasteiger partial charge in [0.1, 0.15) is 0 Å². The van der Waals surface area contributed by atoms with Crippen LogP contribution in [0.15, 0.2) is 0 Å². The highest BCUT2D eigenvalue weighted by molar-refractivity contribution is 4.85. The van der Waals surface area contributed by atoms with Crippen molar-refractivity contribution in [3.05, 3.63) is 0 Å². The smallest absolute Gasteiger partial charge is 0.00954 e. The van der Waals surface area contributed by atoms with E-state index in [1.165, 1.54) is 58.0 Å². The fourth-order valence-electron chi connectivity index (χ4n) is 3.82. The average Bonchev–Trinajstić information content (AvgIpc) is 2.50. The first-order chi connectivity index (χ1) is 8.48. The Kier molecular flexibility index (Phi) is 4.71. The first-order valence-electron chi connectivity index (χ1n) is 7.97. The van der Waals surface area contributed by atoms with Crippen LogP contribution in [0.25, 0.3) is 0 Å². The Hall–Kier alpha value is -0.0800. The van der Waals surface area contributed by atoms with E-state index < -0.39 is 0 Å². The van der Waals surface area contributed by atoms with Gasteiger partial charge in [-0.15, -0.1) is 0 Å². The third kappa shape index (κ3) is 3.71. The third-order valence-corrected chi connectivity index (χ3v) is 5.38. The van der Waals surface area contributed by atoms with E-state index in [0.717, 1.165) is 12.0 Å². The molecule has 0 amide bonds. The molecule has 2 rings (SSSR count). The van der Waals surface area contributed by atoms with Gasteiger partial charge in [0.2, 0.25) is 0 Å². The minimum atomic E-state index is 0.389. The fourth-order valence-corrected chi connectivity index (χ4v) is 3.82. The molecule has 0 aromatic carbocycles. The van der Waals surface area contributed by atoms with E-state index in [4.69, 9.17) is 5.73 Å². The van der Waals surface area contributed by atoms with Crippen molar-refractivity contribution in [1.82, 2.24) is 4.90 Å². The molecule has 0 spiro atoms. The molecule has 106 valence electrons. The van der Waals surface area contributed by atoms with E-state index in [1.54, 1.807) is 0 Å². The van der Waals surface area contributed by atoms with E-state index in [0.29, 0.717) is 11.5 Å². The molecule has 2 nitrogen and oxygen atoms in total. The lowest BCUT2D eigenvalue weighted by Gasteiger charge is -2.38. The fraction of sp³-hybridized carbons (Fsp3) is 1.00. The number of likely N-dealkylation sites (tertiary alicyclic amines) is 1. The van der Waals surface area contributed by atoms with E-state index in [-0.39, 0.29) is 0 Å². The molecule has 2 unspecified atom stereocenters. The summed E-state index contributed by atoms with van der Waals surface area (Å²) in [6.45, 7) is 9.64. The number of piperidine rings is 1. The molecule has 2 fully saturated rings. The van der Waals surface area contributed by atoms with Gasteiger partial charge >= 0.3 is 0 Å². The molecule has 0 aromatic rings. The Morgan fingerprint density at radius 1 is 1.06 bits per heavy atom. The zero-order valence-corrected chi connectivity index (χ0v) is 12.6. The van der Waals surface area contributed by atoms with Gasteiger partial charge in [0, 0.05) is 12.1 Å². The Morgan fingerprint density at radius 3 is 2.33 bits per heavy atom. The highest BCUT2D eigenvalue weighted by Crippen LogP contribution is 2.36. The van der Waals surface area contributed by atoms with Crippen molar-refractivity contribution in [2.45, 2.75) is 77.8 Å². The predicted octanol–water partition coefficient (Wildman–Crippen LogP) is 3.40. The van der Waals surface area contributed by atoms with Gasteiger partial charge in [-0.05, 0) is 69.9 Å². The molecule has 2 N–H and O–H groups in total. The highest BCUT2D eigenvalue weighted by atomic mass is 15.2. The number of nitrogens with two attached hydrogens (primary N) is 1. The van der Waals surface area contributed by atoms with Crippen LogP contribution in [0.1, 0.15) is 65.7 Å². The molecule has 1 aliphatic carbocycles. The molecular weight excluding hydrogens is 220 g/mol. The van der Waals surface area contributed by atoms with Gasteiger partial charge in [-0.3, -0.25) is 0 Å². The number of hydrogen-bond donors (Lipinski definition) is 1. The summed E-state index contributed by atoms with van der Waals surface area (Å²) >= 11 is 0. The van der Waals surface area contributed by atoms with Gasteiger partial charge in [-0.25, -0.2) is 0 Å². The second-order valence-electron chi connectivity index (χ2n) is 7.48. The minimum absolute atomic E-state index is 0.389. The molecule has 0 aromatic heterocycles. The van der Waals surface area contributed by atoms with Crippen LogP contribution in [0.2, 0.25) is 0 Å². The van der Waals surface area contributed by atoms with Gasteiger partial charge < -0.3 is 10.6 Å². The summed E-state index contributed by atoms with van der Waals surface area (Å²) in [5.41, 5.74) is 6.62. The van der Waals surface area contributed by atoms with Crippen molar-refractivity contribution < 1.29 is 0 Å². The Balaban J connectivity index is 1.82. The second-order valence-corrected chi connectivity index (χ2v) is 7.48. The zero-order valence-electron chi connectivity index (χ0n) is 12.6. The lowest BCUT2D eigenvalue weighted by atomic mass is 9.85. The summed E-state index contributed by atoms with van der Waals surface area (Å²) in [6, 6.07) is 1.25. The SMILES string of the molecule is CC(N)C1CCN(C2CCCC(C)(C)CC2)CC1. The van der Waals surface area contributed by atoms with Gasteiger partial charge in [0.05, 0.1) is 0 Å². The lowest BCUT2D eigenvalue weighted by molar-refractivity contribution is 0.112. The van der Waals surface area contributed by atoms with Crippen molar-refractivity contribution in [3.63, 3.8) is 0 Å². The zero-order chi connectivity index (χ0) is 13.2. The van der Waals surface area contributed by atoms with Crippen molar-refractivity contribution >= 4 is 0 Å². The molecule has 1 saturated carbocycles.